The second-order valence-corrected chi connectivity index (χ2v) is 7.04. The van der Waals surface area contributed by atoms with Gasteiger partial charge in [-0.3, -0.25) is 9.69 Å². The summed E-state index contributed by atoms with van der Waals surface area (Å²) in [6.45, 7) is 12.9. The Hall–Kier alpha value is -1.40. The molecule has 2 heterocycles. The number of β-amino-alcohol motifs (C(OH)–C–C–N with tert-alkyl or cyclic N) is 1. The molecule has 22 heavy (non-hydrogen) atoms. The Labute approximate surface area is 132 Å². The van der Waals surface area contributed by atoms with Crippen molar-refractivity contribution in [2.75, 3.05) is 32.7 Å². The van der Waals surface area contributed by atoms with E-state index in [2.05, 4.69) is 10.1 Å². The third kappa shape index (κ3) is 3.87. The molecular formula is C16H27N3O3. The van der Waals surface area contributed by atoms with Crippen molar-refractivity contribution in [2.45, 2.75) is 46.1 Å². The first-order valence-corrected chi connectivity index (χ1v) is 7.89. The highest BCUT2D eigenvalue weighted by atomic mass is 16.5. The molecule has 1 N–H and O–H groups in total. The number of nitrogens with zero attached hydrogens (tertiary/aromatic N) is 3. The molecule has 0 unspecified atom stereocenters. The minimum atomic E-state index is -0.706. The molecule has 0 aromatic carbocycles. The standard InChI is InChI=1S/C16H27N3O3/c1-11(2)14-13(12(3)17-22-14)15(20)19-8-6-18(7-9-19)10-16(4,5)21/h11,21H,6-10H2,1-5H3. The highest BCUT2D eigenvalue weighted by Crippen LogP contribution is 2.24. The Balaban J connectivity index is 2.03. The van der Waals surface area contributed by atoms with Gasteiger partial charge in [0.2, 0.25) is 0 Å². The lowest BCUT2D eigenvalue weighted by Gasteiger charge is -2.37. The number of aromatic nitrogens is 1. The van der Waals surface area contributed by atoms with Gasteiger partial charge >= 0.3 is 0 Å². The highest BCUT2D eigenvalue weighted by Gasteiger charge is 2.30. The van der Waals surface area contributed by atoms with Crippen LogP contribution in [0.4, 0.5) is 0 Å². The zero-order chi connectivity index (χ0) is 16.5. The van der Waals surface area contributed by atoms with Gasteiger partial charge in [-0.1, -0.05) is 19.0 Å². The topological polar surface area (TPSA) is 69.8 Å². The molecule has 124 valence electrons. The van der Waals surface area contributed by atoms with Gasteiger partial charge in [-0.2, -0.15) is 0 Å². The van der Waals surface area contributed by atoms with Gasteiger partial charge in [-0.25, -0.2) is 0 Å². The van der Waals surface area contributed by atoms with Crippen LogP contribution in [0, 0.1) is 6.92 Å². The van der Waals surface area contributed by atoms with Crippen LogP contribution in [-0.2, 0) is 0 Å². The van der Waals surface area contributed by atoms with E-state index in [1.165, 1.54) is 0 Å². The van der Waals surface area contributed by atoms with Gasteiger partial charge in [0.15, 0.2) is 5.76 Å². The van der Waals surface area contributed by atoms with E-state index < -0.39 is 5.60 Å². The van der Waals surface area contributed by atoms with E-state index in [9.17, 15) is 9.90 Å². The first-order valence-electron chi connectivity index (χ1n) is 7.89. The van der Waals surface area contributed by atoms with Crippen LogP contribution in [0.15, 0.2) is 4.52 Å². The molecule has 1 aromatic rings. The number of rotatable bonds is 4. The van der Waals surface area contributed by atoms with E-state index in [4.69, 9.17) is 4.52 Å². The Bertz CT molecular complexity index is 523. The number of aliphatic hydroxyl groups is 1. The van der Waals surface area contributed by atoms with Gasteiger partial charge in [0.05, 0.1) is 11.3 Å². The summed E-state index contributed by atoms with van der Waals surface area (Å²) in [4.78, 5) is 16.8. The summed E-state index contributed by atoms with van der Waals surface area (Å²) in [6, 6.07) is 0. The van der Waals surface area contributed by atoms with Crippen LogP contribution in [0.25, 0.3) is 0 Å². The molecule has 6 heteroatoms. The monoisotopic (exact) mass is 309 g/mol. The zero-order valence-corrected chi connectivity index (χ0v) is 14.2. The van der Waals surface area contributed by atoms with E-state index in [0.29, 0.717) is 36.7 Å². The summed E-state index contributed by atoms with van der Waals surface area (Å²) in [7, 11) is 0. The predicted octanol–water partition coefficient (Wildman–Crippen LogP) is 1.64. The summed E-state index contributed by atoms with van der Waals surface area (Å²) in [5, 5.41) is 13.8. The maximum Gasteiger partial charge on any atom is 0.259 e. The molecule has 1 aliphatic heterocycles. The quantitative estimate of drug-likeness (QED) is 0.915. The summed E-state index contributed by atoms with van der Waals surface area (Å²) >= 11 is 0. The van der Waals surface area contributed by atoms with Crippen LogP contribution in [0.5, 0.6) is 0 Å². The molecule has 2 rings (SSSR count). The van der Waals surface area contributed by atoms with Crippen molar-refractivity contribution >= 4 is 5.91 Å². The lowest BCUT2D eigenvalue weighted by atomic mass is 10.0. The smallest absolute Gasteiger partial charge is 0.259 e. The van der Waals surface area contributed by atoms with Gasteiger partial charge in [-0.05, 0) is 20.8 Å². The maximum atomic E-state index is 12.8. The highest BCUT2D eigenvalue weighted by molar-refractivity contribution is 5.96. The lowest BCUT2D eigenvalue weighted by molar-refractivity contribution is 0.0178. The van der Waals surface area contributed by atoms with Gasteiger partial charge in [0.25, 0.3) is 5.91 Å². The number of aryl methyl sites for hydroxylation is 1. The van der Waals surface area contributed by atoms with E-state index in [1.807, 2.05) is 25.7 Å². The number of hydrogen-bond acceptors (Lipinski definition) is 5. The van der Waals surface area contributed by atoms with Gasteiger partial charge in [0.1, 0.15) is 5.56 Å². The van der Waals surface area contributed by atoms with Crippen LogP contribution >= 0.6 is 0 Å². The number of amides is 1. The molecule has 1 saturated heterocycles. The molecule has 0 atom stereocenters. The molecule has 0 radical (unpaired) electrons. The molecule has 1 amide bonds. The molecule has 0 bridgehead atoms. The number of carbonyl (C=O) groups is 1. The number of carbonyl (C=O) groups excluding carboxylic acids is 1. The molecule has 1 aliphatic rings. The molecule has 0 spiro atoms. The van der Waals surface area contributed by atoms with Crippen LogP contribution < -0.4 is 0 Å². The second kappa shape index (κ2) is 6.38. The van der Waals surface area contributed by atoms with Crippen LogP contribution in [0.3, 0.4) is 0 Å². The van der Waals surface area contributed by atoms with Crippen LogP contribution in [0.1, 0.15) is 55.4 Å². The number of piperazine rings is 1. The fourth-order valence-corrected chi connectivity index (χ4v) is 2.86. The summed E-state index contributed by atoms with van der Waals surface area (Å²) in [5.41, 5.74) is 0.570. The van der Waals surface area contributed by atoms with E-state index in [1.54, 1.807) is 13.8 Å². The van der Waals surface area contributed by atoms with E-state index >= 15 is 0 Å². The Morgan fingerprint density at radius 3 is 2.41 bits per heavy atom. The second-order valence-electron chi connectivity index (χ2n) is 7.04. The molecule has 0 aliphatic carbocycles. The van der Waals surface area contributed by atoms with Gasteiger partial charge < -0.3 is 14.5 Å². The Morgan fingerprint density at radius 2 is 1.91 bits per heavy atom. The average molecular weight is 309 g/mol. The zero-order valence-electron chi connectivity index (χ0n) is 14.2. The normalized spacial score (nSPS) is 17.3. The Kier molecular flexibility index (Phi) is 4.92. The summed E-state index contributed by atoms with van der Waals surface area (Å²) < 4.78 is 5.31. The van der Waals surface area contributed by atoms with Crippen molar-refractivity contribution in [3.8, 4) is 0 Å². The number of hydrogen-bond donors (Lipinski definition) is 1. The van der Waals surface area contributed by atoms with Crippen molar-refractivity contribution in [2.24, 2.45) is 0 Å². The first-order chi connectivity index (χ1) is 10.2. The third-order valence-corrected chi connectivity index (χ3v) is 3.90. The molecule has 1 aromatic heterocycles. The average Bonchev–Trinajstić information content (AvgIpc) is 2.79. The molecule has 0 saturated carbocycles. The largest absolute Gasteiger partial charge is 0.389 e. The van der Waals surface area contributed by atoms with Gasteiger partial charge in [0, 0.05) is 38.6 Å². The predicted molar refractivity (Wildman–Crippen MR) is 84.0 cm³/mol. The Morgan fingerprint density at radius 1 is 1.32 bits per heavy atom. The minimum absolute atomic E-state index is 0.00496. The fraction of sp³-hybridized carbons (Fsp3) is 0.750. The molecule has 1 fully saturated rings. The molecule has 6 nitrogen and oxygen atoms in total. The van der Waals surface area contributed by atoms with Crippen molar-refractivity contribution in [3.05, 3.63) is 17.0 Å². The molecular weight excluding hydrogens is 282 g/mol. The van der Waals surface area contributed by atoms with Crippen molar-refractivity contribution < 1.29 is 14.4 Å². The van der Waals surface area contributed by atoms with Crippen molar-refractivity contribution in [1.82, 2.24) is 15.0 Å². The van der Waals surface area contributed by atoms with Crippen LogP contribution in [0.2, 0.25) is 0 Å². The third-order valence-electron chi connectivity index (χ3n) is 3.90. The first kappa shape index (κ1) is 17.0. The van der Waals surface area contributed by atoms with Crippen LogP contribution in [-0.4, -0.2) is 64.3 Å². The van der Waals surface area contributed by atoms with E-state index in [0.717, 1.165) is 13.1 Å². The summed E-state index contributed by atoms with van der Waals surface area (Å²) in [5.74, 6) is 0.809. The minimum Gasteiger partial charge on any atom is -0.389 e. The summed E-state index contributed by atoms with van der Waals surface area (Å²) in [6.07, 6.45) is 0. The SMILES string of the molecule is Cc1noc(C(C)C)c1C(=O)N1CCN(CC(C)(C)O)CC1. The maximum absolute atomic E-state index is 12.8. The van der Waals surface area contributed by atoms with E-state index in [-0.39, 0.29) is 11.8 Å². The lowest BCUT2D eigenvalue weighted by Crippen LogP contribution is -2.52. The fourth-order valence-electron chi connectivity index (χ4n) is 2.86. The van der Waals surface area contributed by atoms with Crippen molar-refractivity contribution in [3.63, 3.8) is 0 Å². The van der Waals surface area contributed by atoms with Gasteiger partial charge in [-0.15, -0.1) is 0 Å². The van der Waals surface area contributed by atoms with Crippen molar-refractivity contribution in [1.29, 1.82) is 0 Å².